The van der Waals surface area contributed by atoms with Crippen LogP contribution in [0.3, 0.4) is 0 Å². The highest BCUT2D eigenvalue weighted by Crippen LogP contribution is 2.18. The highest BCUT2D eigenvalue weighted by atomic mass is 19.2. The summed E-state index contributed by atoms with van der Waals surface area (Å²) in [7, 11) is 0. The maximum Gasteiger partial charge on any atom is 0.159 e. The van der Waals surface area contributed by atoms with E-state index in [-0.39, 0.29) is 0 Å². The second-order valence-electron chi connectivity index (χ2n) is 4.60. The number of halogens is 2. The van der Waals surface area contributed by atoms with Gasteiger partial charge in [-0.05, 0) is 17.7 Å². The molecule has 0 saturated heterocycles. The van der Waals surface area contributed by atoms with E-state index in [1.54, 1.807) is 12.4 Å². The normalized spacial score (nSPS) is 14.2. The van der Waals surface area contributed by atoms with Crippen molar-refractivity contribution in [2.24, 2.45) is 0 Å². The lowest BCUT2D eigenvalue weighted by atomic mass is 10.0. The minimum Gasteiger partial charge on any atom is -0.312 e. The van der Waals surface area contributed by atoms with Crippen LogP contribution in [0.15, 0.2) is 24.5 Å². The molecule has 3 rings (SSSR count). The summed E-state index contributed by atoms with van der Waals surface area (Å²) >= 11 is 0. The molecule has 1 aromatic carbocycles. The minimum atomic E-state index is -0.824. The lowest BCUT2D eigenvalue weighted by Crippen LogP contribution is -2.26. The van der Waals surface area contributed by atoms with Gasteiger partial charge in [-0.15, -0.1) is 0 Å². The standard InChI is InChI=1S/C14H13F2N3/c15-11-2-1-9(5-12(11)16)6-14-10-7-17-4-3-13(10)18-8-19-14/h1-2,5,8,17H,3-4,6-7H2. The molecule has 0 saturated carbocycles. The molecule has 2 aromatic rings. The number of aromatic nitrogens is 2. The van der Waals surface area contributed by atoms with Crippen LogP contribution in [0, 0.1) is 11.6 Å². The summed E-state index contributed by atoms with van der Waals surface area (Å²) in [6.07, 6.45) is 2.91. The van der Waals surface area contributed by atoms with Crippen molar-refractivity contribution in [1.82, 2.24) is 15.3 Å². The molecule has 98 valence electrons. The quantitative estimate of drug-likeness (QED) is 0.898. The predicted octanol–water partition coefficient (Wildman–Crippen LogP) is 1.99. The van der Waals surface area contributed by atoms with E-state index in [9.17, 15) is 8.78 Å². The van der Waals surface area contributed by atoms with Gasteiger partial charge in [0, 0.05) is 37.2 Å². The predicted molar refractivity (Wildman–Crippen MR) is 66.6 cm³/mol. The SMILES string of the molecule is Fc1ccc(Cc2ncnc3c2CNCC3)cc1F. The number of hydrogen-bond acceptors (Lipinski definition) is 3. The molecule has 3 nitrogen and oxygen atoms in total. The summed E-state index contributed by atoms with van der Waals surface area (Å²) in [5, 5.41) is 3.27. The van der Waals surface area contributed by atoms with Crippen LogP contribution in [0.1, 0.15) is 22.5 Å². The molecule has 0 fully saturated rings. The Morgan fingerprint density at radius 2 is 2.05 bits per heavy atom. The van der Waals surface area contributed by atoms with Gasteiger partial charge in [0.1, 0.15) is 6.33 Å². The Bertz CT molecular complexity index is 614. The van der Waals surface area contributed by atoms with Crippen molar-refractivity contribution in [2.75, 3.05) is 6.54 Å². The molecular formula is C14H13F2N3. The number of nitrogens with one attached hydrogen (secondary N) is 1. The average Bonchev–Trinajstić information content (AvgIpc) is 2.43. The molecule has 0 bridgehead atoms. The number of rotatable bonds is 2. The molecule has 1 aromatic heterocycles. The van der Waals surface area contributed by atoms with E-state index >= 15 is 0 Å². The van der Waals surface area contributed by atoms with Crippen molar-refractivity contribution in [2.45, 2.75) is 19.4 Å². The molecule has 5 heteroatoms. The zero-order valence-electron chi connectivity index (χ0n) is 10.3. The van der Waals surface area contributed by atoms with Crippen LogP contribution in [0.2, 0.25) is 0 Å². The van der Waals surface area contributed by atoms with Gasteiger partial charge >= 0.3 is 0 Å². The van der Waals surface area contributed by atoms with Crippen molar-refractivity contribution in [3.8, 4) is 0 Å². The highest BCUT2D eigenvalue weighted by molar-refractivity contribution is 5.32. The van der Waals surface area contributed by atoms with Gasteiger partial charge in [0.25, 0.3) is 0 Å². The number of fused-ring (bicyclic) bond motifs is 1. The van der Waals surface area contributed by atoms with Crippen LogP contribution in [0.25, 0.3) is 0 Å². The van der Waals surface area contributed by atoms with Crippen LogP contribution >= 0.6 is 0 Å². The largest absolute Gasteiger partial charge is 0.312 e. The summed E-state index contributed by atoms with van der Waals surface area (Å²) in [5.74, 6) is -1.64. The van der Waals surface area contributed by atoms with Gasteiger partial charge in [0.15, 0.2) is 11.6 Å². The molecule has 0 spiro atoms. The van der Waals surface area contributed by atoms with Gasteiger partial charge in [-0.2, -0.15) is 0 Å². The lowest BCUT2D eigenvalue weighted by molar-refractivity contribution is 0.507. The maximum absolute atomic E-state index is 13.2. The number of nitrogens with zero attached hydrogens (tertiary/aromatic N) is 2. The van der Waals surface area contributed by atoms with Gasteiger partial charge in [0.2, 0.25) is 0 Å². The molecule has 1 aliphatic heterocycles. The number of benzene rings is 1. The third kappa shape index (κ3) is 2.46. The molecule has 1 N–H and O–H groups in total. The minimum absolute atomic E-state index is 0.490. The third-order valence-corrected chi connectivity index (χ3v) is 3.32. The first-order valence-corrected chi connectivity index (χ1v) is 6.20. The molecular weight excluding hydrogens is 248 g/mol. The first kappa shape index (κ1) is 12.2. The van der Waals surface area contributed by atoms with Gasteiger partial charge in [-0.25, -0.2) is 18.7 Å². The molecule has 0 unspecified atom stereocenters. The van der Waals surface area contributed by atoms with E-state index in [0.29, 0.717) is 12.0 Å². The van der Waals surface area contributed by atoms with E-state index in [2.05, 4.69) is 15.3 Å². The summed E-state index contributed by atoms with van der Waals surface area (Å²) in [5.41, 5.74) is 3.72. The van der Waals surface area contributed by atoms with Crippen LogP contribution in [-0.4, -0.2) is 16.5 Å². The summed E-state index contributed by atoms with van der Waals surface area (Å²) in [4.78, 5) is 8.54. The van der Waals surface area contributed by atoms with Crippen molar-refractivity contribution >= 4 is 0 Å². The Morgan fingerprint density at radius 3 is 2.89 bits per heavy atom. The molecule has 0 atom stereocenters. The van der Waals surface area contributed by atoms with E-state index in [1.165, 1.54) is 6.07 Å². The maximum atomic E-state index is 13.2. The topological polar surface area (TPSA) is 37.8 Å². The Hall–Kier alpha value is -1.88. The molecule has 0 radical (unpaired) electrons. The highest BCUT2D eigenvalue weighted by Gasteiger charge is 2.15. The molecule has 1 aliphatic rings. The number of hydrogen-bond donors (Lipinski definition) is 1. The second-order valence-corrected chi connectivity index (χ2v) is 4.60. The fourth-order valence-corrected chi connectivity index (χ4v) is 2.33. The van der Waals surface area contributed by atoms with E-state index in [1.807, 2.05) is 0 Å². The van der Waals surface area contributed by atoms with Crippen LogP contribution < -0.4 is 5.32 Å². The van der Waals surface area contributed by atoms with Gasteiger partial charge in [0.05, 0.1) is 5.69 Å². The Morgan fingerprint density at radius 1 is 1.16 bits per heavy atom. The molecule has 0 aliphatic carbocycles. The smallest absolute Gasteiger partial charge is 0.159 e. The monoisotopic (exact) mass is 261 g/mol. The van der Waals surface area contributed by atoms with Crippen LogP contribution in [0.4, 0.5) is 8.78 Å². The molecule has 0 amide bonds. The summed E-state index contributed by atoms with van der Waals surface area (Å²) < 4.78 is 26.1. The van der Waals surface area contributed by atoms with E-state index < -0.39 is 11.6 Å². The lowest BCUT2D eigenvalue weighted by Gasteiger charge is -2.18. The van der Waals surface area contributed by atoms with Crippen LogP contribution in [-0.2, 0) is 19.4 Å². The van der Waals surface area contributed by atoms with Crippen molar-refractivity contribution in [1.29, 1.82) is 0 Å². The van der Waals surface area contributed by atoms with Crippen LogP contribution in [0.5, 0.6) is 0 Å². The average molecular weight is 261 g/mol. The Kier molecular flexibility index (Phi) is 3.21. The van der Waals surface area contributed by atoms with Crippen molar-refractivity contribution in [3.63, 3.8) is 0 Å². The fraction of sp³-hybridized carbons (Fsp3) is 0.286. The fourth-order valence-electron chi connectivity index (χ4n) is 2.33. The van der Waals surface area contributed by atoms with Gasteiger partial charge in [-0.1, -0.05) is 6.07 Å². The molecule has 19 heavy (non-hydrogen) atoms. The summed E-state index contributed by atoms with van der Waals surface area (Å²) in [6, 6.07) is 3.96. The Balaban J connectivity index is 1.92. The van der Waals surface area contributed by atoms with Gasteiger partial charge < -0.3 is 5.32 Å². The van der Waals surface area contributed by atoms with Gasteiger partial charge in [-0.3, -0.25) is 0 Å². The van der Waals surface area contributed by atoms with E-state index in [4.69, 9.17) is 0 Å². The zero-order chi connectivity index (χ0) is 13.2. The first-order chi connectivity index (χ1) is 9.24. The summed E-state index contributed by atoms with van der Waals surface area (Å²) in [6.45, 7) is 1.64. The Labute approximate surface area is 109 Å². The van der Waals surface area contributed by atoms with E-state index in [0.717, 1.165) is 42.5 Å². The van der Waals surface area contributed by atoms with Crippen molar-refractivity contribution in [3.05, 3.63) is 58.7 Å². The first-order valence-electron chi connectivity index (χ1n) is 6.20. The third-order valence-electron chi connectivity index (χ3n) is 3.32. The zero-order valence-corrected chi connectivity index (χ0v) is 10.3. The molecule has 2 heterocycles. The second kappa shape index (κ2) is 5.01. The van der Waals surface area contributed by atoms with Crippen molar-refractivity contribution < 1.29 is 8.78 Å².